The van der Waals surface area contributed by atoms with Crippen LogP contribution >= 0.6 is 23.1 Å². The number of imide groups is 1. The Labute approximate surface area is 332 Å². The highest BCUT2D eigenvalue weighted by molar-refractivity contribution is 8.01. The minimum Gasteiger partial charge on any atom is -0.445 e. The van der Waals surface area contributed by atoms with Gasteiger partial charge in [0.15, 0.2) is 10.6 Å². The van der Waals surface area contributed by atoms with Crippen molar-refractivity contribution in [1.82, 2.24) is 15.2 Å². The number of hydrogen-bond donors (Lipinski definition) is 2. The molecular weight excluding hydrogens is 747 g/mol. The molecule has 3 amide bonds. The van der Waals surface area contributed by atoms with Gasteiger partial charge in [0, 0.05) is 17.7 Å². The maximum absolute atomic E-state index is 13.2. The first kappa shape index (κ1) is 37.5. The number of hydrogen-bond acceptors (Lipinski definition) is 10. The van der Waals surface area contributed by atoms with Crippen LogP contribution in [0.2, 0.25) is 0 Å². The number of nitrogens with one attached hydrogen (secondary N) is 1. The number of alkyl carbamates (subject to hydrolysis) is 1. The highest BCUT2D eigenvalue weighted by Crippen LogP contribution is 2.40. The number of likely N-dealkylation sites (tertiary alicyclic amines) is 1. The predicted octanol–water partition coefficient (Wildman–Crippen LogP) is 8.35. The number of thiazole rings is 1. The van der Waals surface area contributed by atoms with E-state index in [4.69, 9.17) is 19.2 Å². The number of aliphatic hydroxyl groups excluding tert-OH is 1. The molecule has 1 unspecified atom stereocenters. The van der Waals surface area contributed by atoms with Gasteiger partial charge in [-0.1, -0.05) is 121 Å². The molecule has 0 radical (unpaired) electrons. The second-order valence-corrected chi connectivity index (χ2v) is 16.0. The molecular formula is C44H39N3O7S2. The molecule has 2 saturated heterocycles. The zero-order valence-corrected chi connectivity index (χ0v) is 31.9. The molecule has 3 heterocycles. The van der Waals surface area contributed by atoms with E-state index in [9.17, 15) is 19.5 Å². The smallest absolute Gasteiger partial charge is 0.408 e. The van der Waals surface area contributed by atoms with Gasteiger partial charge in [-0.05, 0) is 51.6 Å². The van der Waals surface area contributed by atoms with E-state index in [-0.39, 0.29) is 44.3 Å². The Morgan fingerprint density at radius 1 is 0.839 bits per heavy atom. The summed E-state index contributed by atoms with van der Waals surface area (Å²) in [4.78, 5) is 44.5. The van der Waals surface area contributed by atoms with Gasteiger partial charge in [0.05, 0.1) is 42.0 Å². The van der Waals surface area contributed by atoms with Crippen molar-refractivity contribution in [2.45, 2.75) is 61.5 Å². The molecule has 2 aliphatic heterocycles. The second kappa shape index (κ2) is 17.2. The van der Waals surface area contributed by atoms with Crippen molar-refractivity contribution in [3.05, 3.63) is 155 Å². The second-order valence-electron chi connectivity index (χ2n) is 13.7. The van der Waals surface area contributed by atoms with E-state index in [0.29, 0.717) is 12.2 Å². The largest absolute Gasteiger partial charge is 0.445 e. The van der Waals surface area contributed by atoms with Crippen LogP contribution in [0.4, 0.5) is 4.79 Å². The number of fused-ring (bicyclic) bond motifs is 1. The maximum Gasteiger partial charge on any atom is 0.408 e. The van der Waals surface area contributed by atoms with Gasteiger partial charge in [-0.15, -0.1) is 11.3 Å². The van der Waals surface area contributed by atoms with Crippen molar-refractivity contribution in [2.24, 2.45) is 0 Å². The van der Waals surface area contributed by atoms with Crippen LogP contribution in [0.25, 0.3) is 21.3 Å². The number of amides is 3. The minimum atomic E-state index is -0.976. The molecule has 10 nitrogen and oxygen atoms in total. The fourth-order valence-corrected chi connectivity index (χ4v) is 8.95. The molecule has 56 heavy (non-hydrogen) atoms. The number of para-hydroxylation sites is 1. The van der Waals surface area contributed by atoms with Crippen molar-refractivity contribution in [3.8, 4) is 11.1 Å². The molecule has 8 rings (SSSR count). The van der Waals surface area contributed by atoms with Crippen molar-refractivity contribution >= 4 is 51.2 Å². The molecule has 0 saturated carbocycles. The summed E-state index contributed by atoms with van der Waals surface area (Å²) in [5.74, 6) is -0.106. The van der Waals surface area contributed by atoms with Gasteiger partial charge >= 0.3 is 6.09 Å². The zero-order valence-electron chi connectivity index (χ0n) is 30.3. The topological polar surface area (TPSA) is 127 Å². The van der Waals surface area contributed by atoms with E-state index in [0.717, 1.165) is 53.5 Å². The molecule has 6 aromatic rings. The molecule has 5 aromatic carbocycles. The first-order chi connectivity index (χ1) is 27.4. The Kier molecular flexibility index (Phi) is 11.5. The highest BCUT2D eigenvalue weighted by atomic mass is 32.2. The summed E-state index contributed by atoms with van der Waals surface area (Å²) >= 11 is 3.38. The first-order valence-corrected chi connectivity index (χ1v) is 20.2. The third kappa shape index (κ3) is 8.85. The number of carbonyl (C=O) groups excluding carboxylic acids is 3. The van der Waals surface area contributed by atoms with Gasteiger partial charge in [-0.2, -0.15) is 0 Å². The van der Waals surface area contributed by atoms with Crippen molar-refractivity contribution in [1.29, 1.82) is 0 Å². The van der Waals surface area contributed by atoms with Crippen molar-refractivity contribution in [2.75, 3.05) is 5.75 Å². The Morgan fingerprint density at radius 3 is 2.38 bits per heavy atom. The monoisotopic (exact) mass is 785 g/mol. The Hall–Kier alpha value is -5.37. The molecule has 0 aliphatic carbocycles. The van der Waals surface area contributed by atoms with Crippen LogP contribution in [0.15, 0.2) is 132 Å². The number of aromatic nitrogens is 1. The van der Waals surface area contributed by atoms with Crippen LogP contribution in [0.3, 0.4) is 0 Å². The molecule has 1 aromatic heterocycles. The number of nitrogens with zero attached hydrogens (tertiary/aromatic N) is 2. The molecule has 2 aliphatic rings. The fraction of sp³-hybridized carbons (Fsp3) is 0.227. The molecule has 0 bridgehead atoms. The average Bonchev–Trinajstić information content (AvgIpc) is 3.78. The molecule has 4 atom stereocenters. The summed E-state index contributed by atoms with van der Waals surface area (Å²) in [6, 6.07) is 40.0. The van der Waals surface area contributed by atoms with Crippen LogP contribution in [-0.4, -0.2) is 50.8 Å². The summed E-state index contributed by atoms with van der Waals surface area (Å²) in [6.07, 6.45) is -1.10. The van der Waals surface area contributed by atoms with Gasteiger partial charge in [0.2, 0.25) is 5.91 Å². The van der Waals surface area contributed by atoms with Gasteiger partial charge < -0.3 is 24.6 Å². The third-order valence-electron chi connectivity index (χ3n) is 9.81. The number of rotatable bonds is 12. The normalized spacial score (nSPS) is 19.7. The number of aliphatic hydroxyl groups is 1. The molecule has 2 N–H and O–H groups in total. The standard InChI is InChI=1S/C44H39N3O7S2/c48-25-28-13-15-32(16-14-28)38-22-35(27-55-44-46-36-11-4-5-12-39(36)56-44)53-42(54-38)33-19-17-31(18-20-33)34-10-6-9-30(21-34)24-47-40(49)23-37(41(47)50)45-43(51)52-26-29-7-2-1-3-8-29/h1-21,35,37-38,42,48H,22-27H2,(H,45,51)/t35-,37?,38+,42+/m1/s1. The van der Waals surface area contributed by atoms with E-state index >= 15 is 0 Å². The van der Waals surface area contributed by atoms with Gasteiger partial charge in [-0.25, -0.2) is 9.78 Å². The number of ether oxygens (including phenoxy) is 3. The summed E-state index contributed by atoms with van der Waals surface area (Å²) in [7, 11) is 0. The minimum absolute atomic E-state index is 0.0193. The lowest BCUT2D eigenvalue weighted by Crippen LogP contribution is -2.41. The summed E-state index contributed by atoms with van der Waals surface area (Å²) in [6.45, 7) is 0.127. The summed E-state index contributed by atoms with van der Waals surface area (Å²) in [5, 5.41) is 12.1. The molecule has 0 spiro atoms. The van der Waals surface area contributed by atoms with Crippen molar-refractivity contribution in [3.63, 3.8) is 0 Å². The fourth-order valence-electron chi connectivity index (χ4n) is 6.83. The van der Waals surface area contributed by atoms with E-state index in [1.54, 1.807) is 23.1 Å². The number of benzene rings is 5. The van der Waals surface area contributed by atoms with Crippen LogP contribution in [0.1, 0.15) is 53.1 Å². The van der Waals surface area contributed by atoms with E-state index in [2.05, 4.69) is 11.4 Å². The Balaban J connectivity index is 0.923. The molecule has 12 heteroatoms. The predicted molar refractivity (Wildman–Crippen MR) is 214 cm³/mol. The van der Waals surface area contributed by atoms with Gasteiger partial charge in [-0.3, -0.25) is 14.5 Å². The summed E-state index contributed by atoms with van der Waals surface area (Å²) < 4.78 is 20.6. The SMILES string of the molecule is O=C(NC1CC(=O)N(Cc2cccc(-c3ccc([C@H]4O[C@@H](CSc5nc6ccccc6s5)C[C@@H](c5ccc(CO)cc5)O4)cc3)c2)C1=O)OCc1ccccc1. The first-order valence-electron chi connectivity index (χ1n) is 18.4. The van der Waals surface area contributed by atoms with Crippen LogP contribution in [-0.2, 0) is 43.6 Å². The molecule has 2 fully saturated rings. The molecule has 284 valence electrons. The van der Waals surface area contributed by atoms with E-state index in [1.807, 2.05) is 121 Å². The lowest BCUT2D eigenvalue weighted by molar-refractivity contribution is -0.245. The zero-order chi connectivity index (χ0) is 38.4. The summed E-state index contributed by atoms with van der Waals surface area (Å²) in [5.41, 5.74) is 7.22. The lowest BCUT2D eigenvalue weighted by atomic mass is 9.99. The van der Waals surface area contributed by atoms with Gasteiger partial charge in [0.25, 0.3) is 5.91 Å². The van der Waals surface area contributed by atoms with Gasteiger partial charge in [0.1, 0.15) is 12.6 Å². The third-order valence-corrected chi connectivity index (χ3v) is 12.1. The van der Waals surface area contributed by atoms with E-state index in [1.165, 1.54) is 4.90 Å². The lowest BCUT2D eigenvalue weighted by Gasteiger charge is -2.36. The van der Waals surface area contributed by atoms with Crippen molar-refractivity contribution < 1.29 is 33.7 Å². The Morgan fingerprint density at radius 2 is 1.59 bits per heavy atom. The van der Waals surface area contributed by atoms with Crippen LogP contribution in [0, 0.1) is 0 Å². The average molecular weight is 786 g/mol. The quantitative estimate of drug-likeness (QED) is 0.0930. The number of thioether (sulfide) groups is 1. The highest BCUT2D eigenvalue weighted by Gasteiger charge is 2.40. The van der Waals surface area contributed by atoms with Crippen LogP contribution in [0.5, 0.6) is 0 Å². The van der Waals surface area contributed by atoms with Crippen LogP contribution < -0.4 is 5.32 Å². The maximum atomic E-state index is 13.2. The Bertz CT molecular complexity index is 2280. The van der Waals surface area contributed by atoms with E-state index < -0.39 is 24.3 Å². The number of carbonyl (C=O) groups is 3.